The average molecular weight is 523 g/mol. The Bertz CT molecular complexity index is 2240. The van der Waals surface area contributed by atoms with E-state index in [-0.39, 0.29) is 0 Å². The summed E-state index contributed by atoms with van der Waals surface area (Å²) in [7, 11) is 0. The number of fused-ring (bicyclic) bond motifs is 11. The lowest BCUT2D eigenvalue weighted by atomic mass is 9.89. The minimum absolute atomic E-state index is 0.396. The van der Waals surface area contributed by atoms with Crippen LogP contribution in [0.4, 0.5) is 0 Å². The third-order valence-corrected chi connectivity index (χ3v) is 8.95. The molecule has 0 atom stereocenters. The topological polar surface area (TPSA) is 17.3 Å². The van der Waals surface area contributed by atoms with Crippen molar-refractivity contribution in [1.29, 1.82) is 0 Å². The fourth-order valence-electron chi connectivity index (χ4n) is 7.04. The van der Waals surface area contributed by atoms with Crippen LogP contribution in [0.25, 0.3) is 60.6 Å². The molecule has 1 aliphatic rings. The minimum Gasteiger partial charge on any atom is -0.292 e. The molecule has 8 aromatic rings. The molecule has 0 amide bonds. The van der Waals surface area contributed by atoms with Gasteiger partial charge in [0.05, 0.1) is 16.6 Å². The number of para-hydroxylation sites is 2. The summed E-state index contributed by atoms with van der Waals surface area (Å²) in [6, 6.07) is 50.9. The van der Waals surface area contributed by atoms with Gasteiger partial charge in [0.15, 0.2) is 0 Å². The Hall–Kier alpha value is -5.21. The summed E-state index contributed by atoms with van der Waals surface area (Å²) in [5.74, 6) is 0.396. The molecule has 1 aliphatic carbocycles. The van der Waals surface area contributed by atoms with Crippen LogP contribution in [0, 0.1) is 0 Å². The van der Waals surface area contributed by atoms with Gasteiger partial charge in [-0.2, -0.15) is 0 Å². The van der Waals surface area contributed by atoms with Gasteiger partial charge >= 0.3 is 0 Å². The van der Waals surface area contributed by atoms with Crippen molar-refractivity contribution in [3.63, 3.8) is 0 Å². The molecule has 2 heteroatoms. The molecule has 0 saturated heterocycles. The monoisotopic (exact) mass is 522 g/mol. The van der Waals surface area contributed by atoms with Crippen LogP contribution in [0.2, 0.25) is 0 Å². The van der Waals surface area contributed by atoms with Crippen molar-refractivity contribution in [3.8, 4) is 22.3 Å². The third-order valence-electron chi connectivity index (χ3n) is 8.95. The van der Waals surface area contributed by atoms with Crippen molar-refractivity contribution in [2.24, 2.45) is 0 Å². The van der Waals surface area contributed by atoms with Gasteiger partial charge in [-0.05, 0) is 75.0 Å². The van der Waals surface area contributed by atoms with Crippen LogP contribution >= 0.6 is 0 Å². The second kappa shape index (κ2) is 8.64. The van der Waals surface area contributed by atoms with Crippen molar-refractivity contribution >= 4 is 38.4 Å². The minimum atomic E-state index is 0.396. The lowest BCUT2D eigenvalue weighted by Crippen LogP contribution is -2.01. The van der Waals surface area contributed by atoms with Gasteiger partial charge in [-0.15, -0.1) is 0 Å². The van der Waals surface area contributed by atoms with Crippen LogP contribution in [0.5, 0.6) is 0 Å². The second-order valence-corrected chi connectivity index (χ2v) is 11.2. The van der Waals surface area contributed by atoms with Crippen LogP contribution in [-0.2, 0) is 6.42 Å². The first-order valence-corrected chi connectivity index (χ1v) is 14.3. The number of hydrogen-bond donors (Lipinski definition) is 0. The molecule has 41 heavy (non-hydrogen) atoms. The molecule has 0 spiro atoms. The normalized spacial score (nSPS) is 12.9. The molecule has 2 heterocycles. The van der Waals surface area contributed by atoms with Crippen molar-refractivity contribution in [3.05, 3.63) is 156 Å². The van der Waals surface area contributed by atoms with E-state index in [1.54, 1.807) is 0 Å². The van der Waals surface area contributed by atoms with Gasteiger partial charge in [0.1, 0.15) is 5.65 Å². The second-order valence-electron chi connectivity index (χ2n) is 11.2. The lowest BCUT2D eigenvalue weighted by molar-refractivity contribution is 0.827. The van der Waals surface area contributed by atoms with E-state index in [9.17, 15) is 0 Å². The summed E-state index contributed by atoms with van der Waals surface area (Å²) in [5.41, 5.74) is 13.9. The van der Waals surface area contributed by atoms with E-state index < -0.39 is 0 Å². The molecule has 9 rings (SSSR count). The van der Waals surface area contributed by atoms with Crippen molar-refractivity contribution in [2.75, 3.05) is 0 Å². The maximum absolute atomic E-state index is 5.02. The van der Waals surface area contributed by atoms with E-state index in [2.05, 4.69) is 144 Å². The maximum atomic E-state index is 5.02. The quantitative estimate of drug-likeness (QED) is 0.211. The number of benzene rings is 6. The summed E-state index contributed by atoms with van der Waals surface area (Å²) in [6.45, 7) is 0. The zero-order valence-corrected chi connectivity index (χ0v) is 22.5. The Labute approximate surface area is 238 Å². The first-order chi connectivity index (χ1) is 20.3. The Kier molecular flexibility index (Phi) is 4.76. The highest BCUT2D eigenvalue weighted by atomic mass is 15.0. The molecule has 0 saturated carbocycles. The predicted molar refractivity (Wildman–Crippen MR) is 171 cm³/mol. The molecule has 0 radical (unpaired) electrons. The SMILES string of the molecule is c1ccc2c(c1)-c1ccccc1C2Cc1ccc(-c2ccc3c(c2)c2ccccc2c2nc4ccccc4n32)cc1. The van der Waals surface area contributed by atoms with Crippen molar-refractivity contribution in [2.45, 2.75) is 12.3 Å². The van der Waals surface area contributed by atoms with Crippen molar-refractivity contribution in [1.82, 2.24) is 9.38 Å². The molecular weight excluding hydrogens is 496 g/mol. The van der Waals surface area contributed by atoms with E-state index >= 15 is 0 Å². The van der Waals surface area contributed by atoms with Crippen molar-refractivity contribution < 1.29 is 0 Å². The summed E-state index contributed by atoms with van der Waals surface area (Å²) in [5, 5.41) is 3.67. The smallest absolute Gasteiger partial charge is 0.146 e. The van der Waals surface area contributed by atoms with Gasteiger partial charge < -0.3 is 0 Å². The number of rotatable bonds is 3. The zero-order valence-electron chi connectivity index (χ0n) is 22.5. The summed E-state index contributed by atoms with van der Waals surface area (Å²) in [4.78, 5) is 5.02. The van der Waals surface area contributed by atoms with Gasteiger partial charge in [0, 0.05) is 16.7 Å². The molecule has 6 aromatic carbocycles. The number of nitrogens with zero attached hydrogens (tertiary/aromatic N) is 2. The van der Waals surface area contributed by atoms with E-state index in [0.29, 0.717) is 5.92 Å². The molecule has 0 N–H and O–H groups in total. The van der Waals surface area contributed by atoms with Gasteiger partial charge in [0.2, 0.25) is 0 Å². The van der Waals surface area contributed by atoms with E-state index in [4.69, 9.17) is 4.98 Å². The Morgan fingerprint density at radius 2 is 1.15 bits per heavy atom. The Balaban J connectivity index is 1.13. The molecular formula is C39H26N2. The highest BCUT2D eigenvalue weighted by Crippen LogP contribution is 2.46. The van der Waals surface area contributed by atoms with Gasteiger partial charge in [-0.25, -0.2) is 4.98 Å². The van der Waals surface area contributed by atoms with Crippen LogP contribution in [-0.4, -0.2) is 9.38 Å². The highest BCUT2D eigenvalue weighted by Gasteiger charge is 2.28. The van der Waals surface area contributed by atoms with Gasteiger partial charge in [-0.3, -0.25) is 4.40 Å². The standard InChI is InChI=1S/C39H26N2/c1-3-11-30-28(9-1)29-10-2-4-12-31(29)34(30)23-25-17-19-26(20-18-25)27-21-22-37-35(24-27)32-13-5-6-14-33(32)39-40-36-15-7-8-16-38(36)41(37)39/h1-22,24,34H,23H2. The molecule has 0 fully saturated rings. The van der Waals surface area contributed by atoms with Gasteiger partial charge in [-0.1, -0.05) is 115 Å². The molecule has 0 bridgehead atoms. The van der Waals surface area contributed by atoms with E-state index in [0.717, 1.165) is 23.1 Å². The number of imidazole rings is 1. The summed E-state index contributed by atoms with van der Waals surface area (Å²) < 4.78 is 2.32. The van der Waals surface area contributed by atoms with Crippen LogP contribution in [0.3, 0.4) is 0 Å². The van der Waals surface area contributed by atoms with Crippen LogP contribution < -0.4 is 0 Å². The first kappa shape index (κ1) is 22.6. The lowest BCUT2D eigenvalue weighted by Gasteiger charge is -2.15. The fraction of sp³-hybridized carbons (Fsp3) is 0.0513. The highest BCUT2D eigenvalue weighted by molar-refractivity contribution is 6.14. The summed E-state index contributed by atoms with van der Waals surface area (Å²) in [6.07, 6.45) is 1.00. The molecule has 2 nitrogen and oxygen atoms in total. The van der Waals surface area contributed by atoms with Crippen LogP contribution in [0.15, 0.2) is 140 Å². The summed E-state index contributed by atoms with van der Waals surface area (Å²) >= 11 is 0. The third kappa shape index (κ3) is 3.34. The maximum Gasteiger partial charge on any atom is 0.146 e. The van der Waals surface area contributed by atoms with Gasteiger partial charge in [0.25, 0.3) is 0 Å². The number of aromatic nitrogens is 2. The largest absolute Gasteiger partial charge is 0.292 e. The molecule has 0 aliphatic heterocycles. The Morgan fingerprint density at radius 3 is 1.93 bits per heavy atom. The molecule has 2 aromatic heterocycles. The average Bonchev–Trinajstić information content (AvgIpc) is 3.58. The van der Waals surface area contributed by atoms with E-state index in [1.807, 2.05) is 0 Å². The van der Waals surface area contributed by atoms with Crippen LogP contribution in [0.1, 0.15) is 22.6 Å². The Morgan fingerprint density at radius 1 is 0.512 bits per heavy atom. The molecule has 0 unspecified atom stereocenters. The zero-order chi connectivity index (χ0) is 26.9. The number of pyridine rings is 1. The number of hydrogen-bond acceptors (Lipinski definition) is 1. The van der Waals surface area contributed by atoms with E-state index in [1.165, 1.54) is 60.6 Å². The fourth-order valence-corrected chi connectivity index (χ4v) is 7.04. The first-order valence-electron chi connectivity index (χ1n) is 14.3. The molecule has 192 valence electrons. The predicted octanol–water partition coefficient (Wildman–Crippen LogP) is 9.82.